The maximum Gasteiger partial charge on any atom is 0.282 e. The first-order valence-electron chi connectivity index (χ1n) is 4.84. The van der Waals surface area contributed by atoms with E-state index in [9.17, 15) is 9.59 Å². The van der Waals surface area contributed by atoms with Crippen molar-refractivity contribution < 1.29 is 9.53 Å². The average Bonchev–Trinajstić information content (AvgIpc) is 2.28. The van der Waals surface area contributed by atoms with E-state index in [0.29, 0.717) is 23.3 Å². The van der Waals surface area contributed by atoms with Crippen LogP contribution in [0.5, 0.6) is 0 Å². The second-order valence-corrected chi connectivity index (χ2v) is 4.04. The van der Waals surface area contributed by atoms with Crippen LogP contribution < -0.4 is 16.6 Å². The van der Waals surface area contributed by atoms with Gasteiger partial charge < -0.3 is 15.8 Å². The van der Waals surface area contributed by atoms with Crippen LogP contribution in [-0.2, 0) is 16.6 Å². The molecular formula is C9H13BrN4O3. The third kappa shape index (κ3) is 4.16. The van der Waals surface area contributed by atoms with Crippen LogP contribution in [0.3, 0.4) is 0 Å². The van der Waals surface area contributed by atoms with Gasteiger partial charge in [0, 0.05) is 13.6 Å². The van der Waals surface area contributed by atoms with E-state index in [2.05, 4.69) is 26.3 Å². The SMILES string of the molecule is Cn1ncc(NCCOCC(N)=O)c(Br)c1=O. The summed E-state index contributed by atoms with van der Waals surface area (Å²) in [4.78, 5) is 21.9. The van der Waals surface area contributed by atoms with Gasteiger partial charge in [0.25, 0.3) is 5.56 Å². The molecule has 1 heterocycles. The van der Waals surface area contributed by atoms with Crippen molar-refractivity contribution in [1.29, 1.82) is 0 Å². The van der Waals surface area contributed by atoms with Crippen LogP contribution in [0, 0.1) is 0 Å². The average molecular weight is 305 g/mol. The molecule has 1 aromatic heterocycles. The summed E-state index contributed by atoms with van der Waals surface area (Å²) in [5, 5.41) is 6.82. The van der Waals surface area contributed by atoms with Gasteiger partial charge >= 0.3 is 0 Å². The number of halogens is 1. The molecule has 0 atom stereocenters. The number of hydrogen-bond acceptors (Lipinski definition) is 5. The number of aromatic nitrogens is 2. The Kier molecular flexibility index (Phi) is 5.11. The van der Waals surface area contributed by atoms with Crippen molar-refractivity contribution in [2.24, 2.45) is 12.8 Å². The summed E-state index contributed by atoms with van der Waals surface area (Å²) in [6.45, 7) is 0.642. The van der Waals surface area contributed by atoms with Gasteiger partial charge in [0.15, 0.2) is 0 Å². The molecule has 0 saturated carbocycles. The van der Waals surface area contributed by atoms with Crippen LogP contribution >= 0.6 is 15.9 Å². The predicted molar refractivity (Wildman–Crippen MR) is 65.7 cm³/mol. The van der Waals surface area contributed by atoms with Crippen molar-refractivity contribution in [1.82, 2.24) is 9.78 Å². The molecule has 0 aliphatic heterocycles. The highest BCUT2D eigenvalue weighted by Crippen LogP contribution is 2.15. The number of anilines is 1. The Morgan fingerprint density at radius 2 is 2.41 bits per heavy atom. The van der Waals surface area contributed by atoms with Crippen molar-refractivity contribution in [3.8, 4) is 0 Å². The number of rotatable bonds is 6. The monoisotopic (exact) mass is 304 g/mol. The fourth-order valence-corrected chi connectivity index (χ4v) is 1.56. The molecule has 0 spiro atoms. The zero-order chi connectivity index (χ0) is 12.8. The number of aryl methyl sites for hydroxylation is 1. The highest BCUT2D eigenvalue weighted by Gasteiger charge is 2.05. The number of nitrogens with one attached hydrogen (secondary N) is 1. The lowest BCUT2D eigenvalue weighted by atomic mass is 10.4. The summed E-state index contributed by atoms with van der Waals surface area (Å²) >= 11 is 3.17. The Hall–Kier alpha value is -1.41. The Balaban J connectivity index is 2.45. The van der Waals surface area contributed by atoms with Gasteiger partial charge in [-0.05, 0) is 15.9 Å². The van der Waals surface area contributed by atoms with Gasteiger partial charge in [0.2, 0.25) is 5.91 Å². The fraction of sp³-hybridized carbons (Fsp3) is 0.444. The number of carbonyl (C=O) groups is 1. The molecule has 94 valence electrons. The van der Waals surface area contributed by atoms with E-state index in [-0.39, 0.29) is 12.2 Å². The molecule has 8 heteroatoms. The van der Waals surface area contributed by atoms with Crippen molar-refractivity contribution in [3.63, 3.8) is 0 Å². The molecule has 3 N–H and O–H groups in total. The first-order chi connectivity index (χ1) is 8.02. The highest BCUT2D eigenvalue weighted by atomic mass is 79.9. The van der Waals surface area contributed by atoms with Gasteiger partial charge in [-0.25, -0.2) is 4.68 Å². The molecule has 1 amide bonds. The Morgan fingerprint density at radius 3 is 3.06 bits per heavy atom. The van der Waals surface area contributed by atoms with E-state index in [0.717, 1.165) is 0 Å². The zero-order valence-corrected chi connectivity index (χ0v) is 10.9. The molecule has 1 rings (SSSR count). The third-order valence-corrected chi connectivity index (χ3v) is 2.65. The predicted octanol–water partition coefficient (Wildman–Crippen LogP) is -0.543. The van der Waals surface area contributed by atoms with E-state index in [1.165, 1.54) is 10.9 Å². The van der Waals surface area contributed by atoms with Gasteiger partial charge in [-0.15, -0.1) is 0 Å². The van der Waals surface area contributed by atoms with E-state index in [4.69, 9.17) is 10.5 Å². The van der Waals surface area contributed by atoms with E-state index < -0.39 is 5.91 Å². The normalized spacial score (nSPS) is 10.2. The van der Waals surface area contributed by atoms with Crippen LogP contribution in [0.1, 0.15) is 0 Å². The second kappa shape index (κ2) is 6.36. The van der Waals surface area contributed by atoms with Crippen LogP contribution in [-0.4, -0.2) is 35.4 Å². The summed E-state index contributed by atoms with van der Waals surface area (Å²) in [6, 6.07) is 0. The van der Waals surface area contributed by atoms with E-state index in [1.54, 1.807) is 7.05 Å². The molecule has 0 bridgehead atoms. The largest absolute Gasteiger partial charge is 0.380 e. The summed E-state index contributed by atoms with van der Waals surface area (Å²) in [5.74, 6) is -0.513. The van der Waals surface area contributed by atoms with Gasteiger partial charge in [-0.2, -0.15) is 5.10 Å². The Morgan fingerprint density at radius 1 is 1.71 bits per heavy atom. The molecule has 1 aromatic rings. The molecule has 0 unspecified atom stereocenters. The summed E-state index contributed by atoms with van der Waals surface area (Å²) in [6.07, 6.45) is 1.53. The maximum absolute atomic E-state index is 11.5. The van der Waals surface area contributed by atoms with E-state index >= 15 is 0 Å². The molecular weight excluding hydrogens is 292 g/mol. The zero-order valence-electron chi connectivity index (χ0n) is 9.27. The summed E-state index contributed by atoms with van der Waals surface area (Å²) < 4.78 is 6.58. The topological polar surface area (TPSA) is 99.2 Å². The molecule has 0 aliphatic carbocycles. The van der Waals surface area contributed by atoms with Crippen LogP contribution in [0.25, 0.3) is 0 Å². The van der Waals surface area contributed by atoms with Crippen LogP contribution in [0.2, 0.25) is 0 Å². The molecule has 0 aliphatic rings. The minimum absolute atomic E-state index is 0.113. The molecule has 17 heavy (non-hydrogen) atoms. The molecule has 0 fully saturated rings. The van der Waals surface area contributed by atoms with Crippen molar-refractivity contribution in [3.05, 3.63) is 21.0 Å². The number of hydrogen-bond donors (Lipinski definition) is 2. The first kappa shape index (κ1) is 13.7. The van der Waals surface area contributed by atoms with Gasteiger partial charge in [0.05, 0.1) is 18.5 Å². The molecule has 0 aromatic carbocycles. The lowest BCUT2D eigenvalue weighted by Gasteiger charge is -2.08. The third-order valence-electron chi connectivity index (χ3n) is 1.88. The maximum atomic E-state index is 11.5. The van der Waals surface area contributed by atoms with Crippen molar-refractivity contribution >= 4 is 27.5 Å². The summed E-state index contributed by atoms with van der Waals surface area (Å²) in [5.41, 5.74) is 5.25. The Bertz CT molecular complexity index is 460. The number of ether oxygens (including phenoxy) is 1. The second-order valence-electron chi connectivity index (χ2n) is 3.25. The smallest absolute Gasteiger partial charge is 0.282 e. The minimum atomic E-state index is -0.513. The minimum Gasteiger partial charge on any atom is -0.380 e. The molecule has 0 saturated heterocycles. The Labute approximate surface area is 106 Å². The van der Waals surface area contributed by atoms with Gasteiger partial charge in [-0.1, -0.05) is 0 Å². The number of nitrogens with zero attached hydrogens (tertiary/aromatic N) is 2. The fourth-order valence-electron chi connectivity index (χ4n) is 1.06. The number of primary amides is 1. The van der Waals surface area contributed by atoms with E-state index in [1.807, 2.05) is 0 Å². The standard InChI is InChI=1S/C9H13BrN4O3/c1-14-9(16)8(10)6(4-13-14)12-2-3-17-5-7(11)15/h4,12H,2-3,5H2,1H3,(H2,11,15). The number of nitrogens with two attached hydrogens (primary N) is 1. The highest BCUT2D eigenvalue weighted by molar-refractivity contribution is 9.10. The molecule has 0 radical (unpaired) electrons. The van der Waals surface area contributed by atoms with Crippen LogP contribution in [0.15, 0.2) is 15.5 Å². The van der Waals surface area contributed by atoms with Gasteiger partial charge in [-0.3, -0.25) is 9.59 Å². The summed E-state index contributed by atoms with van der Waals surface area (Å²) in [7, 11) is 1.56. The lowest BCUT2D eigenvalue weighted by molar-refractivity contribution is -0.122. The first-order valence-corrected chi connectivity index (χ1v) is 5.63. The van der Waals surface area contributed by atoms with Crippen LogP contribution in [0.4, 0.5) is 5.69 Å². The van der Waals surface area contributed by atoms with Gasteiger partial charge in [0.1, 0.15) is 11.1 Å². The van der Waals surface area contributed by atoms with Crippen molar-refractivity contribution in [2.45, 2.75) is 0 Å². The quantitative estimate of drug-likeness (QED) is 0.688. The lowest BCUT2D eigenvalue weighted by Crippen LogP contribution is -2.23. The molecule has 7 nitrogen and oxygen atoms in total. The van der Waals surface area contributed by atoms with Crippen molar-refractivity contribution in [2.75, 3.05) is 25.1 Å². The number of amides is 1. The number of carbonyl (C=O) groups excluding carboxylic acids is 1.